The van der Waals surface area contributed by atoms with E-state index in [-0.39, 0.29) is 21.7 Å². The Bertz CT molecular complexity index is 1180. The fraction of sp³-hybridized carbons (Fsp3) is 0.200. The van der Waals surface area contributed by atoms with Crippen molar-refractivity contribution in [3.8, 4) is 0 Å². The number of esters is 1. The first-order chi connectivity index (χ1) is 13.8. The maximum Gasteiger partial charge on any atom is 0.344 e. The van der Waals surface area contributed by atoms with Gasteiger partial charge in [-0.2, -0.15) is 0 Å². The van der Waals surface area contributed by atoms with E-state index in [0.29, 0.717) is 12.2 Å². The summed E-state index contributed by atoms with van der Waals surface area (Å²) in [5.41, 5.74) is 0.666. The van der Waals surface area contributed by atoms with Crippen molar-refractivity contribution >= 4 is 40.2 Å². The number of nitrogens with zero attached hydrogens (tertiary/aromatic N) is 2. The summed E-state index contributed by atoms with van der Waals surface area (Å²) in [6.07, 6.45) is 1.37. The SMILES string of the molecule is CCn1cc(C(=O)OCC(=O)Nc2ccc(F)cc2Cl)c(=O)c2ccc(C)nc21. The lowest BCUT2D eigenvalue weighted by atomic mass is 10.2. The maximum absolute atomic E-state index is 13.1. The number of hydrogen-bond donors (Lipinski definition) is 1. The van der Waals surface area contributed by atoms with E-state index in [0.717, 1.165) is 17.8 Å². The Morgan fingerprint density at radius 2 is 2.03 bits per heavy atom. The van der Waals surface area contributed by atoms with Crippen LogP contribution in [0, 0.1) is 12.7 Å². The minimum atomic E-state index is -0.931. The summed E-state index contributed by atoms with van der Waals surface area (Å²) in [6.45, 7) is 3.50. The van der Waals surface area contributed by atoms with E-state index in [4.69, 9.17) is 16.3 Å². The third-order valence-electron chi connectivity index (χ3n) is 4.16. The van der Waals surface area contributed by atoms with E-state index in [1.165, 1.54) is 12.3 Å². The molecule has 0 unspecified atom stereocenters. The lowest BCUT2D eigenvalue weighted by molar-refractivity contribution is -0.119. The molecule has 0 saturated heterocycles. The summed E-state index contributed by atoms with van der Waals surface area (Å²) in [5.74, 6) is -2.16. The van der Waals surface area contributed by atoms with Gasteiger partial charge in [0.1, 0.15) is 17.0 Å². The molecule has 0 aliphatic carbocycles. The smallest absolute Gasteiger partial charge is 0.344 e. The number of hydrogen-bond acceptors (Lipinski definition) is 5. The number of aryl methyl sites for hydroxylation is 2. The number of carbonyl (C=O) groups excluding carboxylic acids is 2. The van der Waals surface area contributed by atoms with Gasteiger partial charge in [-0.3, -0.25) is 9.59 Å². The van der Waals surface area contributed by atoms with Gasteiger partial charge in [-0.25, -0.2) is 14.2 Å². The second kappa shape index (κ2) is 8.40. The van der Waals surface area contributed by atoms with Crippen LogP contribution >= 0.6 is 11.6 Å². The van der Waals surface area contributed by atoms with Crippen molar-refractivity contribution in [1.29, 1.82) is 0 Å². The summed E-state index contributed by atoms with van der Waals surface area (Å²) < 4.78 is 19.7. The molecule has 29 heavy (non-hydrogen) atoms. The van der Waals surface area contributed by atoms with Crippen molar-refractivity contribution < 1.29 is 18.7 Å². The Morgan fingerprint density at radius 3 is 2.72 bits per heavy atom. The number of fused-ring (bicyclic) bond motifs is 1. The normalized spacial score (nSPS) is 10.8. The zero-order valence-electron chi connectivity index (χ0n) is 15.7. The van der Waals surface area contributed by atoms with E-state index < -0.39 is 29.7 Å². The van der Waals surface area contributed by atoms with Gasteiger partial charge in [0.05, 0.1) is 16.1 Å². The van der Waals surface area contributed by atoms with Crippen LogP contribution in [0.1, 0.15) is 23.0 Å². The Labute approximate surface area is 170 Å². The van der Waals surface area contributed by atoms with Gasteiger partial charge in [-0.05, 0) is 44.2 Å². The average Bonchev–Trinajstić information content (AvgIpc) is 2.68. The molecule has 0 atom stereocenters. The first kappa shape index (κ1) is 20.5. The number of rotatable bonds is 5. The van der Waals surface area contributed by atoms with Crippen molar-refractivity contribution in [3.63, 3.8) is 0 Å². The highest BCUT2D eigenvalue weighted by atomic mass is 35.5. The highest BCUT2D eigenvalue weighted by Crippen LogP contribution is 2.22. The number of aromatic nitrogens is 2. The molecular weight excluding hydrogens is 401 g/mol. The predicted octanol–water partition coefficient (Wildman–Crippen LogP) is 3.31. The second-order valence-corrected chi connectivity index (χ2v) is 6.64. The number of amides is 1. The molecule has 0 saturated carbocycles. The topological polar surface area (TPSA) is 90.3 Å². The zero-order chi connectivity index (χ0) is 21.1. The van der Waals surface area contributed by atoms with Gasteiger partial charge in [0.25, 0.3) is 5.91 Å². The van der Waals surface area contributed by atoms with Crippen LogP contribution in [0.3, 0.4) is 0 Å². The van der Waals surface area contributed by atoms with Crippen LogP contribution in [-0.4, -0.2) is 28.0 Å². The lowest BCUT2D eigenvalue weighted by Gasteiger charge is -2.11. The maximum atomic E-state index is 13.1. The molecule has 1 aromatic carbocycles. The van der Waals surface area contributed by atoms with Crippen molar-refractivity contribution in [2.75, 3.05) is 11.9 Å². The largest absolute Gasteiger partial charge is 0.452 e. The Morgan fingerprint density at radius 1 is 1.28 bits per heavy atom. The van der Waals surface area contributed by atoms with Crippen LogP contribution in [0.25, 0.3) is 11.0 Å². The van der Waals surface area contributed by atoms with E-state index in [2.05, 4.69) is 10.3 Å². The zero-order valence-corrected chi connectivity index (χ0v) is 16.4. The lowest BCUT2D eigenvalue weighted by Crippen LogP contribution is -2.25. The van der Waals surface area contributed by atoms with Gasteiger partial charge in [-0.1, -0.05) is 11.6 Å². The fourth-order valence-corrected chi connectivity index (χ4v) is 2.95. The molecular formula is C20H17ClFN3O4. The van der Waals surface area contributed by atoms with E-state index in [9.17, 15) is 18.8 Å². The summed E-state index contributed by atoms with van der Waals surface area (Å²) in [6, 6.07) is 6.74. The van der Waals surface area contributed by atoms with Crippen LogP contribution < -0.4 is 10.7 Å². The molecule has 2 heterocycles. The highest BCUT2D eigenvalue weighted by Gasteiger charge is 2.18. The molecule has 1 amide bonds. The van der Waals surface area contributed by atoms with Crippen molar-refractivity contribution in [1.82, 2.24) is 9.55 Å². The van der Waals surface area contributed by atoms with E-state index in [1.807, 2.05) is 6.92 Å². The second-order valence-electron chi connectivity index (χ2n) is 6.23. The molecule has 9 heteroatoms. The molecule has 0 fully saturated rings. The van der Waals surface area contributed by atoms with Crippen LogP contribution in [-0.2, 0) is 16.1 Å². The number of halogens is 2. The Hall–Kier alpha value is -3.26. The number of ether oxygens (including phenoxy) is 1. The quantitative estimate of drug-likeness (QED) is 0.643. The van der Waals surface area contributed by atoms with Crippen LogP contribution in [0.15, 0.2) is 41.3 Å². The van der Waals surface area contributed by atoms with Crippen molar-refractivity contribution in [3.05, 3.63) is 68.8 Å². The number of benzene rings is 1. The summed E-state index contributed by atoms with van der Waals surface area (Å²) in [5, 5.41) is 2.70. The third-order valence-corrected chi connectivity index (χ3v) is 4.47. The Balaban J connectivity index is 1.77. The molecule has 2 aromatic heterocycles. The number of pyridine rings is 2. The average molecular weight is 418 g/mol. The van der Waals surface area contributed by atoms with Gasteiger partial charge >= 0.3 is 5.97 Å². The molecule has 1 N–H and O–H groups in total. The third kappa shape index (κ3) is 4.43. The summed E-state index contributed by atoms with van der Waals surface area (Å²) in [4.78, 5) is 41.4. The molecule has 0 spiro atoms. The number of anilines is 1. The highest BCUT2D eigenvalue weighted by molar-refractivity contribution is 6.33. The molecule has 0 radical (unpaired) electrons. The molecule has 150 valence electrons. The minimum Gasteiger partial charge on any atom is -0.452 e. The van der Waals surface area contributed by atoms with Gasteiger partial charge in [0.15, 0.2) is 6.61 Å². The minimum absolute atomic E-state index is 0.00725. The summed E-state index contributed by atoms with van der Waals surface area (Å²) >= 11 is 5.84. The standard InChI is InChI=1S/C20H17ClFN3O4/c1-3-25-9-14(18(27)13-6-4-11(2)23-19(13)25)20(28)29-10-17(26)24-16-7-5-12(22)8-15(16)21/h4-9H,3,10H2,1-2H3,(H,24,26). The Kier molecular flexibility index (Phi) is 5.93. The predicted molar refractivity (Wildman–Crippen MR) is 107 cm³/mol. The molecule has 0 aliphatic heterocycles. The molecule has 0 bridgehead atoms. The summed E-state index contributed by atoms with van der Waals surface area (Å²) in [7, 11) is 0. The van der Waals surface area contributed by atoms with Gasteiger partial charge < -0.3 is 14.6 Å². The van der Waals surface area contributed by atoms with Gasteiger partial charge in [-0.15, -0.1) is 0 Å². The van der Waals surface area contributed by atoms with E-state index in [1.54, 1.807) is 23.6 Å². The van der Waals surface area contributed by atoms with Crippen molar-refractivity contribution in [2.24, 2.45) is 0 Å². The number of nitrogens with one attached hydrogen (secondary N) is 1. The molecule has 0 aliphatic rings. The fourth-order valence-electron chi connectivity index (χ4n) is 2.73. The van der Waals surface area contributed by atoms with Crippen LogP contribution in [0.4, 0.5) is 10.1 Å². The van der Waals surface area contributed by atoms with E-state index >= 15 is 0 Å². The molecule has 3 aromatic rings. The monoisotopic (exact) mass is 417 g/mol. The van der Waals surface area contributed by atoms with Gasteiger partial charge in [0, 0.05) is 18.4 Å². The first-order valence-electron chi connectivity index (χ1n) is 8.73. The van der Waals surface area contributed by atoms with Gasteiger partial charge in [0.2, 0.25) is 5.43 Å². The van der Waals surface area contributed by atoms with Crippen LogP contribution in [0.2, 0.25) is 5.02 Å². The number of carbonyl (C=O) groups is 2. The molecule has 7 nitrogen and oxygen atoms in total. The van der Waals surface area contributed by atoms with Crippen molar-refractivity contribution in [2.45, 2.75) is 20.4 Å². The molecule has 3 rings (SSSR count). The van der Waals surface area contributed by atoms with Crippen LogP contribution in [0.5, 0.6) is 0 Å². The first-order valence-corrected chi connectivity index (χ1v) is 9.10.